The van der Waals surface area contributed by atoms with Crippen LogP contribution in [-0.2, 0) is 13.5 Å². The van der Waals surface area contributed by atoms with Crippen molar-refractivity contribution in [3.05, 3.63) is 48.0 Å². The molecule has 5 heteroatoms. The summed E-state index contributed by atoms with van der Waals surface area (Å²) in [7, 11) is 2.02. The van der Waals surface area contributed by atoms with Crippen molar-refractivity contribution in [1.82, 2.24) is 19.7 Å². The lowest BCUT2D eigenvalue weighted by atomic mass is 9.93. The summed E-state index contributed by atoms with van der Waals surface area (Å²) in [5.74, 6) is 0. The topological polar surface area (TPSA) is 55.6 Å². The van der Waals surface area contributed by atoms with Gasteiger partial charge in [0.25, 0.3) is 0 Å². The summed E-state index contributed by atoms with van der Waals surface area (Å²) in [4.78, 5) is 8.67. The summed E-state index contributed by atoms with van der Waals surface area (Å²) in [6.07, 6.45) is 8.89. The van der Waals surface area contributed by atoms with Crippen molar-refractivity contribution in [1.29, 1.82) is 0 Å². The molecular formula is C16H17N5. The molecule has 2 heterocycles. The molecule has 1 aliphatic rings. The van der Waals surface area contributed by atoms with Gasteiger partial charge < -0.3 is 5.32 Å². The highest BCUT2D eigenvalue weighted by Crippen LogP contribution is 2.32. The maximum Gasteiger partial charge on any atom is 0.0907 e. The van der Waals surface area contributed by atoms with Crippen molar-refractivity contribution < 1.29 is 0 Å². The number of benzene rings is 1. The molecule has 0 bridgehead atoms. The number of aryl methyl sites for hydroxylation is 1. The van der Waals surface area contributed by atoms with Crippen LogP contribution in [0.5, 0.6) is 0 Å². The Balaban J connectivity index is 1.66. The normalized spacial score (nSPS) is 17.7. The van der Waals surface area contributed by atoms with E-state index >= 15 is 0 Å². The predicted octanol–water partition coefficient (Wildman–Crippen LogP) is 2.85. The van der Waals surface area contributed by atoms with Crippen molar-refractivity contribution in [3.63, 3.8) is 0 Å². The zero-order chi connectivity index (χ0) is 14.2. The van der Waals surface area contributed by atoms with Gasteiger partial charge >= 0.3 is 0 Å². The fourth-order valence-corrected chi connectivity index (χ4v) is 3.11. The first-order chi connectivity index (χ1) is 10.3. The quantitative estimate of drug-likeness (QED) is 0.783. The van der Waals surface area contributed by atoms with Crippen molar-refractivity contribution in [2.75, 3.05) is 5.32 Å². The van der Waals surface area contributed by atoms with Crippen LogP contribution in [0.25, 0.3) is 11.0 Å². The van der Waals surface area contributed by atoms with Crippen LogP contribution in [0.1, 0.15) is 30.1 Å². The van der Waals surface area contributed by atoms with E-state index in [-0.39, 0.29) is 0 Å². The van der Waals surface area contributed by atoms with Crippen molar-refractivity contribution in [2.45, 2.75) is 25.3 Å². The average Bonchev–Trinajstić information content (AvgIpc) is 2.90. The van der Waals surface area contributed by atoms with Crippen molar-refractivity contribution >= 4 is 16.7 Å². The van der Waals surface area contributed by atoms with E-state index in [1.54, 1.807) is 12.4 Å². The molecule has 0 radical (unpaired) electrons. The van der Waals surface area contributed by atoms with Crippen LogP contribution in [0.2, 0.25) is 0 Å². The number of fused-ring (bicyclic) bond motifs is 2. The van der Waals surface area contributed by atoms with Crippen LogP contribution in [0.3, 0.4) is 0 Å². The third kappa shape index (κ3) is 2.14. The molecule has 1 N–H and O–H groups in total. The summed E-state index contributed by atoms with van der Waals surface area (Å²) in [5.41, 5.74) is 5.60. The predicted molar refractivity (Wildman–Crippen MR) is 82.0 cm³/mol. The number of nitrogens with one attached hydrogen (secondary N) is 1. The highest BCUT2D eigenvalue weighted by Gasteiger charge is 2.23. The molecule has 5 nitrogen and oxygen atoms in total. The highest BCUT2D eigenvalue weighted by atomic mass is 15.3. The van der Waals surface area contributed by atoms with Gasteiger partial charge in [-0.1, -0.05) is 0 Å². The second kappa shape index (κ2) is 4.84. The minimum atomic E-state index is 0.330. The number of aromatic nitrogens is 4. The molecule has 2 aromatic heterocycles. The summed E-state index contributed by atoms with van der Waals surface area (Å²) in [5, 5.41) is 8.02. The third-order valence-corrected chi connectivity index (χ3v) is 4.19. The standard InChI is InChI=1S/C16H17N5/c1-21-16-4-2-3-13(12(16)10-19-21)20-11-5-6-14-15(9-11)18-8-7-17-14/h5-10,13,20H,2-4H2,1H3. The van der Waals surface area contributed by atoms with Crippen molar-refractivity contribution in [3.8, 4) is 0 Å². The first kappa shape index (κ1) is 12.3. The van der Waals surface area contributed by atoms with Gasteiger partial charge in [-0.15, -0.1) is 0 Å². The Kier molecular flexibility index (Phi) is 2.84. The second-order valence-corrected chi connectivity index (χ2v) is 5.52. The highest BCUT2D eigenvalue weighted by molar-refractivity contribution is 5.78. The van der Waals surface area contributed by atoms with Crippen LogP contribution >= 0.6 is 0 Å². The minimum absolute atomic E-state index is 0.330. The number of rotatable bonds is 2. The fraction of sp³-hybridized carbons (Fsp3) is 0.312. The zero-order valence-corrected chi connectivity index (χ0v) is 12.0. The Hall–Kier alpha value is -2.43. The molecule has 4 rings (SSSR count). The van der Waals surface area contributed by atoms with Crippen LogP contribution in [0, 0.1) is 0 Å². The first-order valence-corrected chi connectivity index (χ1v) is 7.29. The molecule has 1 atom stereocenters. The number of anilines is 1. The Morgan fingerprint density at radius 1 is 1.19 bits per heavy atom. The van der Waals surface area contributed by atoms with E-state index in [0.717, 1.165) is 29.6 Å². The summed E-state index contributed by atoms with van der Waals surface area (Å²) >= 11 is 0. The Morgan fingerprint density at radius 2 is 2.05 bits per heavy atom. The Morgan fingerprint density at radius 3 is 2.95 bits per heavy atom. The summed E-state index contributed by atoms with van der Waals surface area (Å²) < 4.78 is 2.00. The monoisotopic (exact) mass is 279 g/mol. The maximum atomic E-state index is 4.39. The average molecular weight is 279 g/mol. The second-order valence-electron chi connectivity index (χ2n) is 5.52. The van der Waals surface area contributed by atoms with Crippen LogP contribution < -0.4 is 5.32 Å². The number of hydrogen-bond acceptors (Lipinski definition) is 4. The zero-order valence-electron chi connectivity index (χ0n) is 12.0. The van der Waals surface area contributed by atoms with Gasteiger partial charge in [-0.3, -0.25) is 14.6 Å². The molecule has 0 amide bonds. The molecule has 106 valence electrons. The van der Waals surface area contributed by atoms with Gasteiger partial charge in [0.15, 0.2) is 0 Å². The SMILES string of the molecule is Cn1ncc2c1CCCC2Nc1ccc2nccnc2c1. The number of nitrogens with zero attached hydrogens (tertiary/aromatic N) is 4. The molecule has 0 fully saturated rings. The molecule has 1 aliphatic carbocycles. The van der Waals surface area contributed by atoms with Gasteiger partial charge in [-0.25, -0.2) is 0 Å². The Bertz CT molecular complexity index is 792. The summed E-state index contributed by atoms with van der Waals surface area (Å²) in [6, 6.07) is 6.48. The van der Waals surface area contributed by atoms with Gasteiger partial charge in [0.2, 0.25) is 0 Å². The lowest BCUT2D eigenvalue weighted by molar-refractivity contribution is 0.571. The molecule has 3 aromatic rings. The minimum Gasteiger partial charge on any atom is -0.378 e. The molecule has 1 unspecified atom stereocenters. The van der Waals surface area contributed by atoms with Gasteiger partial charge in [-0.2, -0.15) is 5.10 Å². The largest absolute Gasteiger partial charge is 0.378 e. The molecule has 0 aliphatic heterocycles. The van der Waals surface area contributed by atoms with Crippen LogP contribution in [-0.4, -0.2) is 19.7 Å². The lowest BCUT2D eigenvalue weighted by Crippen LogP contribution is -2.17. The van der Waals surface area contributed by atoms with Crippen molar-refractivity contribution in [2.24, 2.45) is 7.05 Å². The third-order valence-electron chi connectivity index (χ3n) is 4.19. The molecule has 0 saturated heterocycles. The molecular weight excluding hydrogens is 262 g/mol. The lowest BCUT2D eigenvalue weighted by Gasteiger charge is -2.24. The van der Waals surface area contributed by atoms with Gasteiger partial charge in [0.05, 0.1) is 23.3 Å². The smallest absolute Gasteiger partial charge is 0.0907 e. The van der Waals surface area contributed by atoms with E-state index in [1.807, 2.05) is 24.0 Å². The van der Waals surface area contributed by atoms with E-state index in [0.29, 0.717) is 6.04 Å². The Labute approximate surface area is 123 Å². The maximum absolute atomic E-state index is 4.39. The van der Waals surface area contributed by atoms with E-state index in [2.05, 4.69) is 32.5 Å². The molecule has 21 heavy (non-hydrogen) atoms. The van der Waals surface area contributed by atoms with Gasteiger partial charge in [0.1, 0.15) is 0 Å². The van der Waals surface area contributed by atoms with E-state index in [4.69, 9.17) is 0 Å². The van der Waals surface area contributed by atoms with E-state index < -0.39 is 0 Å². The number of hydrogen-bond donors (Lipinski definition) is 1. The van der Waals surface area contributed by atoms with Crippen LogP contribution in [0.4, 0.5) is 5.69 Å². The van der Waals surface area contributed by atoms with E-state index in [1.165, 1.54) is 17.7 Å². The molecule has 0 saturated carbocycles. The molecule has 1 aromatic carbocycles. The van der Waals surface area contributed by atoms with Gasteiger partial charge in [-0.05, 0) is 37.5 Å². The fourth-order valence-electron chi connectivity index (χ4n) is 3.11. The first-order valence-electron chi connectivity index (χ1n) is 7.29. The van der Waals surface area contributed by atoms with Gasteiger partial charge in [0, 0.05) is 36.4 Å². The molecule has 0 spiro atoms. The summed E-state index contributed by atoms with van der Waals surface area (Å²) in [6.45, 7) is 0. The van der Waals surface area contributed by atoms with E-state index in [9.17, 15) is 0 Å². The van der Waals surface area contributed by atoms with Crippen LogP contribution in [0.15, 0.2) is 36.8 Å².